The summed E-state index contributed by atoms with van der Waals surface area (Å²) in [7, 11) is 0. The highest BCUT2D eigenvalue weighted by atomic mass is 15.1. The SMILES string of the molecule is C[C@H](NCc1nccn1CCc1ccccc1)c1ccccc1. The summed E-state index contributed by atoms with van der Waals surface area (Å²) in [6.07, 6.45) is 4.97. The van der Waals surface area contributed by atoms with E-state index in [2.05, 4.69) is 82.6 Å². The molecule has 0 fully saturated rings. The van der Waals surface area contributed by atoms with E-state index in [1.807, 2.05) is 12.3 Å². The predicted octanol–water partition coefficient (Wildman–Crippen LogP) is 3.98. The molecule has 0 aliphatic rings. The third-order valence-corrected chi connectivity index (χ3v) is 4.15. The van der Waals surface area contributed by atoms with Gasteiger partial charge in [-0.3, -0.25) is 0 Å². The summed E-state index contributed by atoms with van der Waals surface area (Å²) in [6, 6.07) is 21.4. The first-order valence-corrected chi connectivity index (χ1v) is 8.15. The molecule has 0 aliphatic heterocycles. The van der Waals surface area contributed by atoms with Crippen molar-refractivity contribution in [1.82, 2.24) is 14.9 Å². The standard InChI is InChI=1S/C20H23N3/c1-17(19-10-6-3-7-11-19)22-16-20-21-13-15-23(20)14-12-18-8-4-2-5-9-18/h2-11,13,15,17,22H,12,14,16H2,1H3/t17-/m0/s1. The number of aryl methyl sites for hydroxylation is 2. The largest absolute Gasteiger partial charge is 0.334 e. The summed E-state index contributed by atoms with van der Waals surface area (Å²) in [6.45, 7) is 3.92. The van der Waals surface area contributed by atoms with Crippen LogP contribution < -0.4 is 5.32 Å². The van der Waals surface area contributed by atoms with Gasteiger partial charge in [0.05, 0.1) is 6.54 Å². The summed E-state index contributed by atoms with van der Waals surface area (Å²) in [5, 5.41) is 3.56. The quantitative estimate of drug-likeness (QED) is 0.715. The third kappa shape index (κ3) is 4.30. The normalized spacial score (nSPS) is 12.2. The molecule has 1 N–H and O–H groups in total. The number of benzene rings is 2. The second kappa shape index (κ2) is 7.75. The molecule has 0 saturated carbocycles. The number of hydrogen-bond acceptors (Lipinski definition) is 2. The molecule has 1 atom stereocenters. The Morgan fingerprint density at radius 3 is 2.43 bits per heavy atom. The molecule has 0 aliphatic carbocycles. The fourth-order valence-electron chi connectivity index (χ4n) is 2.71. The Balaban J connectivity index is 1.56. The minimum Gasteiger partial charge on any atom is -0.334 e. The first-order valence-electron chi connectivity index (χ1n) is 8.15. The van der Waals surface area contributed by atoms with Crippen LogP contribution in [-0.2, 0) is 19.5 Å². The Morgan fingerprint density at radius 2 is 1.70 bits per heavy atom. The van der Waals surface area contributed by atoms with Gasteiger partial charge in [-0.1, -0.05) is 60.7 Å². The highest BCUT2D eigenvalue weighted by Gasteiger charge is 2.07. The Kier molecular flexibility index (Phi) is 5.22. The molecule has 1 aromatic heterocycles. The van der Waals surface area contributed by atoms with Gasteiger partial charge in [0.15, 0.2) is 0 Å². The number of nitrogens with one attached hydrogen (secondary N) is 1. The van der Waals surface area contributed by atoms with Crippen LogP contribution in [0.15, 0.2) is 73.1 Å². The van der Waals surface area contributed by atoms with Gasteiger partial charge in [0.1, 0.15) is 5.82 Å². The van der Waals surface area contributed by atoms with Crippen molar-refractivity contribution in [3.05, 3.63) is 90.0 Å². The zero-order valence-corrected chi connectivity index (χ0v) is 13.5. The van der Waals surface area contributed by atoms with E-state index in [0.717, 1.165) is 25.3 Å². The average molecular weight is 305 g/mol. The maximum Gasteiger partial charge on any atom is 0.122 e. The predicted molar refractivity (Wildman–Crippen MR) is 94.1 cm³/mol. The summed E-state index contributed by atoms with van der Waals surface area (Å²) >= 11 is 0. The van der Waals surface area contributed by atoms with Gasteiger partial charge in [-0.2, -0.15) is 0 Å². The number of rotatable bonds is 7. The molecule has 0 radical (unpaired) electrons. The van der Waals surface area contributed by atoms with Gasteiger partial charge in [0.2, 0.25) is 0 Å². The van der Waals surface area contributed by atoms with Gasteiger partial charge >= 0.3 is 0 Å². The fraction of sp³-hybridized carbons (Fsp3) is 0.250. The van der Waals surface area contributed by atoms with Crippen molar-refractivity contribution < 1.29 is 0 Å². The molecule has 0 spiro atoms. The lowest BCUT2D eigenvalue weighted by Gasteiger charge is -2.15. The van der Waals surface area contributed by atoms with E-state index in [-0.39, 0.29) is 0 Å². The Morgan fingerprint density at radius 1 is 1.00 bits per heavy atom. The van der Waals surface area contributed by atoms with E-state index >= 15 is 0 Å². The Labute approximate surface area is 138 Å². The average Bonchev–Trinajstić information content (AvgIpc) is 3.07. The maximum atomic E-state index is 4.49. The van der Waals surface area contributed by atoms with Crippen molar-refractivity contribution in [1.29, 1.82) is 0 Å². The van der Waals surface area contributed by atoms with Gasteiger partial charge in [-0.05, 0) is 24.5 Å². The third-order valence-electron chi connectivity index (χ3n) is 4.15. The number of hydrogen-bond donors (Lipinski definition) is 1. The first kappa shape index (κ1) is 15.5. The van der Waals surface area contributed by atoms with Crippen LogP contribution in [0.5, 0.6) is 0 Å². The zero-order chi connectivity index (χ0) is 15.9. The van der Waals surface area contributed by atoms with Crippen molar-refractivity contribution in [2.45, 2.75) is 32.5 Å². The molecule has 3 nitrogen and oxygen atoms in total. The minimum atomic E-state index is 0.315. The monoisotopic (exact) mass is 305 g/mol. The molecule has 0 amide bonds. The van der Waals surface area contributed by atoms with Crippen LogP contribution in [0.25, 0.3) is 0 Å². The van der Waals surface area contributed by atoms with E-state index in [9.17, 15) is 0 Å². The van der Waals surface area contributed by atoms with Gasteiger partial charge in [0, 0.05) is 25.0 Å². The molecule has 3 aromatic rings. The number of aromatic nitrogens is 2. The van der Waals surface area contributed by atoms with Crippen LogP contribution in [-0.4, -0.2) is 9.55 Å². The van der Waals surface area contributed by atoms with Gasteiger partial charge < -0.3 is 9.88 Å². The van der Waals surface area contributed by atoms with E-state index < -0.39 is 0 Å². The van der Waals surface area contributed by atoms with Crippen LogP contribution in [0, 0.1) is 0 Å². The summed E-state index contributed by atoms with van der Waals surface area (Å²) in [5.74, 6) is 1.09. The molecule has 23 heavy (non-hydrogen) atoms. The van der Waals surface area contributed by atoms with Gasteiger partial charge in [0.25, 0.3) is 0 Å². The summed E-state index contributed by atoms with van der Waals surface area (Å²) in [4.78, 5) is 4.49. The highest BCUT2D eigenvalue weighted by Crippen LogP contribution is 2.12. The van der Waals surface area contributed by atoms with Gasteiger partial charge in [-0.25, -0.2) is 4.98 Å². The first-order chi connectivity index (χ1) is 11.3. The van der Waals surface area contributed by atoms with Crippen molar-refractivity contribution in [3.8, 4) is 0 Å². The van der Waals surface area contributed by atoms with E-state index in [4.69, 9.17) is 0 Å². The van der Waals surface area contributed by atoms with Gasteiger partial charge in [-0.15, -0.1) is 0 Å². The smallest absolute Gasteiger partial charge is 0.122 e. The lowest BCUT2D eigenvalue weighted by Crippen LogP contribution is -2.21. The van der Waals surface area contributed by atoms with Crippen molar-refractivity contribution in [3.63, 3.8) is 0 Å². The number of imidazole rings is 1. The van der Waals surface area contributed by atoms with Crippen molar-refractivity contribution >= 4 is 0 Å². The van der Waals surface area contributed by atoms with Crippen LogP contribution >= 0.6 is 0 Å². The molecular formula is C20H23N3. The van der Waals surface area contributed by atoms with Crippen molar-refractivity contribution in [2.75, 3.05) is 0 Å². The Bertz CT molecular complexity index is 704. The molecular weight excluding hydrogens is 282 g/mol. The molecule has 118 valence electrons. The van der Waals surface area contributed by atoms with Crippen molar-refractivity contribution in [2.24, 2.45) is 0 Å². The van der Waals surface area contributed by atoms with Crippen LogP contribution in [0.4, 0.5) is 0 Å². The second-order valence-electron chi connectivity index (χ2n) is 5.79. The molecule has 3 rings (SSSR count). The van der Waals surface area contributed by atoms with Crippen LogP contribution in [0.3, 0.4) is 0 Å². The Hall–Kier alpha value is -2.39. The highest BCUT2D eigenvalue weighted by molar-refractivity contribution is 5.18. The van der Waals surface area contributed by atoms with Crippen LogP contribution in [0.2, 0.25) is 0 Å². The fourth-order valence-corrected chi connectivity index (χ4v) is 2.71. The zero-order valence-electron chi connectivity index (χ0n) is 13.5. The topological polar surface area (TPSA) is 29.9 Å². The lowest BCUT2D eigenvalue weighted by atomic mass is 10.1. The lowest BCUT2D eigenvalue weighted by molar-refractivity contribution is 0.534. The molecule has 0 saturated heterocycles. The molecule has 0 bridgehead atoms. The molecule has 1 heterocycles. The maximum absolute atomic E-state index is 4.49. The summed E-state index contributed by atoms with van der Waals surface area (Å²) in [5.41, 5.74) is 2.66. The molecule has 3 heteroatoms. The molecule has 0 unspecified atom stereocenters. The number of nitrogens with zero attached hydrogens (tertiary/aromatic N) is 2. The van der Waals surface area contributed by atoms with Crippen LogP contribution in [0.1, 0.15) is 29.9 Å². The van der Waals surface area contributed by atoms with E-state index in [1.165, 1.54) is 11.1 Å². The molecule has 2 aromatic carbocycles. The second-order valence-corrected chi connectivity index (χ2v) is 5.79. The van der Waals surface area contributed by atoms with E-state index in [0.29, 0.717) is 6.04 Å². The van der Waals surface area contributed by atoms with E-state index in [1.54, 1.807) is 0 Å². The minimum absolute atomic E-state index is 0.315. The summed E-state index contributed by atoms with van der Waals surface area (Å²) < 4.78 is 2.23.